The summed E-state index contributed by atoms with van der Waals surface area (Å²) in [4.78, 5) is 3.83. The number of hydrogen-bond donors (Lipinski definition) is 1. The van der Waals surface area contributed by atoms with Gasteiger partial charge in [0, 0.05) is 12.7 Å². The third-order valence-corrected chi connectivity index (χ3v) is 4.05. The van der Waals surface area contributed by atoms with Crippen molar-refractivity contribution < 1.29 is 8.42 Å². The fraction of sp³-hybridized carbons (Fsp3) is 0.625. The average Bonchev–Trinajstić information content (AvgIpc) is 2.46. The van der Waals surface area contributed by atoms with Crippen LogP contribution in [0.5, 0.6) is 0 Å². The lowest BCUT2D eigenvalue weighted by atomic mass is 10.6. The molecule has 14 heavy (non-hydrogen) atoms. The predicted octanol–water partition coefficient (Wildman–Crippen LogP) is 0.667. The highest BCUT2D eigenvalue weighted by Crippen LogP contribution is 2.16. The van der Waals surface area contributed by atoms with Gasteiger partial charge in [-0.3, -0.25) is 0 Å². The minimum atomic E-state index is -3.33. The molecule has 0 aliphatic rings. The molecule has 80 valence electrons. The number of nitrogens with zero attached hydrogens (tertiary/aromatic N) is 2. The minimum Gasteiger partial charge on any atom is -0.382 e. The van der Waals surface area contributed by atoms with Crippen molar-refractivity contribution in [2.75, 3.05) is 5.73 Å². The molecule has 2 N–H and O–H groups in total. The molecule has 6 heteroatoms. The molecule has 0 saturated heterocycles. The largest absolute Gasteiger partial charge is 0.382 e. The SMILES string of the molecule is CCn1cc(N)nc1S(=O)(=O)C(C)C. The zero-order valence-electron chi connectivity index (χ0n) is 8.56. The lowest BCUT2D eigenvalue weighted by molar-refractivity contribution is 0.560. The Morgan fingerprint density at radius 3 is 2.57 bits per heavy atom. The van der Waals surface area contributed by atoms with Crippen LogP contribution in [0.1, 0.15) is 20.8 Å². The van der Waals surface area contributed by atoms with E-state index in [0.29, 0.717) is 6.54 Å². The van der Waals surface area contributed by atoms with Crippen LogP contribution in [0.15, 0.2) is 11.4 Å². The summed E-state index contributed by atoms with van der Waals surface area (Å²) in [5.41, 5.74) is 5.46. The molecular formula is C8H15N3O2S. The summed E-state index contributed by atoms with van der Waals surface area (Å²) in [6.07, 6.45) is 1.54. The van der Waals surface area contributed by atoms with Crippen LogP contribution in [0.2, 0.25) is 0 Å². The van der Waals surface area contributed by atoms with Crippen molar-refractivity contribution >= 4 is 15.7 Å². The van der Waals surface area contributed by atoms with Gasteiger partial charge in [0.15, 0.2) is 0 Å². The van der Waals surface area contributed by atoms with E-state index in [4.69, 9.17) is 5.73 Å². The Hall–Kier alpha value is -1.04. The second kappa shape index (κ2) is 3.61. The van der Waals surface area contributed by atoms with Gasteiger partial charge in [0.1, 0.15) is 5.82 Å². The summed E-state index contributed by atoms with van der Waals surface area (Å²) in [7, 11) is -3.33. The number of nitrogen functional groups attached to an aromatic ring is 1. The van der Waals surface area contributed by atoms with Gasteiger partial charge in [0.05, 0.1) is 5.25 Å². The normalized spacial score (nSPS) is 12.3. The van der Waals surface area contributed by atoms with Crippen molar-refractivity contribution in [1.82, 2.24) is 9.55 Å². The average molecular weight is 217 g/mol. The number of aryl methyl sites for hydroxylation is 1. The molecule has 1 aromatic heterocycles. The summed E-state index contributed by atoms with van der Waals surface area (Å²) < 4.78 is 25.1. The number of imidazole rings is 1. The smallest absolute Gasteiger partial charge is 0.229 e. The summed E-state index contributed by atoms with van der Waals surface area (Å²) in [6.45, 7) is 5.65. The molecule has 0 aliphatic heterocycles. The fourth-order valence-electron chi connectivity index (χ4n) is 1.08. The number of rotatable bonds is 3. The van der Waals surface area contributed by atoms with Gasteiger partial charge in [-0.05, 0) is 20.8 Å². The Kier molecular flexibility index (Phi) is 2.84. The Morgan fingerprint density at radius 1 is 1.57 bits per heavy atom. The molecule has 0 radical (unpaired) electrons. The fourth-order valence-corrected chi connectivity index (χ4v) is 2.25. The molecule has 0 atom stereocenters. The first kappa shape index (κ1) is 11.0. The van der Waals surface area contributed by atoms with Gasteiger partial charge in [0.2, 0.25) is 15.0 Å². The van der Waals surface area contributed by atoms with E-state index in [9.17, 15) is 8.42 Å². The predicted molar refractivity (Wildman–Crippen MR) is 54.6 cm³/mol. The number of sulfone groups is 1. The van der Waals surface area contributed by atoms with Crippen molar-refractivity contribution in [2.45, 2.75) is 37.7 Å². The van der Waals surface area contributed by atoms with Crippen molar-refractivity contribution in [1.29, 1.82) is 0 Å². The Balaban J connectivity index is 3.32. The maximum Gasteiger partial charge on any atom is 0.229 e. The first-order valence-corrected chi connectivity index (χ1v) is 6.00. The molecule has 0 amide bonds. The molecule has 0 saturated carbocycles. The van der Waals surface area contributed by atoms with Crippen molar-refractivity contribution in [2.24, 2.45) is 0 Å². The first-order valence-electron chi connectivity index (χ1n) is 4.46. The van der Waals surface area contributed by atoms with Crippen LogP contribution in [0.4, 0.5) is 5.82 Å². The molecule has 0 bridgehead atoms. The topological polar surface area (TPSA) is 78.0 Å². The second-order valence-corrected chi connectivity index (χ2v) is 5.73. The van der Waals surface area contributed by atoms with Gasteiger partial charge in [-0.15, -0.1) is 0 Å². The van der Waals surface area contributed by atoms with Crippen molar-refractivity contribution in [3.05, 3.63) is 6.20 Å². The molecule has 1 aromatic rings. The number of nitrogens with two attached hydrogens (primary N) is 1. The molecule has 1 heterocycles. The van der Waals surface area contributed by atoms with E-state index in [2.05, 4.69) is 4.98 Å². The molecule has 0 aromatic carbocycles. The lowest BCUT2D eigenvalue weighted by Gasteiger charge is -2.07. The maximum absolute atomic E-state index is 11.8. The molecule has 0 fully saturated rings. The van der Waals surface area contributed by atoms with E-state index in [-0.39, 0.29) is 11.0 Å². The second-order valence-electron chi connectivity index (χ2n) is 3.33. The van der Waals surface area contributed by atoms with Gasteiger partial charge in [-0.2, -0.15) is 0 Å². The quantitative estimate of drug-likeness (QED) is 0.807. The van der Waals surface area contributed by atoms with Crippen LogP contribution < -0.4 is 5.73 Å². The van der Waals surface area contributed by atoms with Crippen LogP contribution >= 0.6 is 0 Å². The Bertz CT molecular complexity index is 420. The van der Waals surface area contributed by atoms with Crippen LogP contribution in [0.25, 0.3) is 0 Å². The highest BCUT2D eigenvalue weighted by molar-refractivity contribution is 7.91. The van der Waals surface area contributed by atoms with Gasteiger partial charge in [0.25, 0.3) is 0 Å². The van der Waals surface area contributed by atoms with E-state index in [1.54, 1.807) is 18.4 Å². The van der Waals surface area contributed by atoms with E-state index in [1.165, 1.54) is 6.20 Å². The summed E-state index contributed by atoms with van der Waals surface area (Å²) in [5, 5.41) is -0.415. The van der Waals surface area contributed by atoms with E-state index in [0.717, 1.165) is 0 Å². The Morgan fingerprint density at radius 2 is 2.14 bits per heavy atom. The third kappa shape index (κ3) is 1.75. The van der Waals surface area contributed by atoms with Crippen molar-refractivity contribution in [3.63, 3.8) is 0 Å². The molecule has 1 rings (SSSR count). The molecule has 0 spiro atoms. The summed E-state index contributed by atoms with van der Waals surface area (Å²) in [6, 6.07) is 0. The van der Waals surface area contributed by atoms with Gasteiger partial charge >= 0.3 is 0 Å². The number of anilines is 1. The molecule has 0 unspecified atom stereocenters. The van der Waals surface area contributed by atoms with Crippen molar-refractivity contribution in [3.8, 4) is 0 Å². The molecular weight excluding hydrogens is 202 g/mol. The molecule has 5 nitrogen and oxygen atoms in total. The van der Waals surface area contributed by atoms with E-state index < -0.39 is 15.1 Å². The zero-order chi connectivity index (χ0) is 10.9. The highest BCUT2D eigenvalue weighted by Gasteiger charge is 2.25. The third-order valence-electron chi connectivity index (χ3n) is 1.97. The van der Waals surface area contributed by atoms with E-state index >= 15 is 0 Å². The summed E-state index contributed by atoms with van der Waals surface area (Å²) >= 11 is 0. The van der Waals surface area contributed by atoms with Gasteiger partial charge < -0.3 is 10.3 Å². The Labute approximate surface area is 83.9 Å². The molecule has 0 aliphatic carbocycles. The monoisotopic (exact) mass is 217 g/mol. The van der Waals surface area contributed by atoms with E-state index in [1.807, 2.05) is 6.92 Å². The van der Waals surface area contributed by atoms with Crippen LogP contribution in [-0.2, 0) is 16.4 Å². The van der Waals surface area contributed by atoms with Crippen LogP contribution in [0, 0.1) is 0 Å². The minimum absolute atomic E-state index is 0.0625. The number of aromatic nitrogens is 2. The maximum atomic E-state index is 11.8. The number of hydrogen-bond acceptors (Lipinski definition) is 4. The van der Waals surface area contributed by atoms with Gasteiger partial charge in [-0.1, -0.05) is 0 Å². The first-order chi connectivity index (χ1) is 6.39. The lowest BCUT2D eigenvalue weighted by Crippen LogP contribution is -2.18. The van der Waals surface area contributed by atoms with Crippen LogP contribution in [0.3, 0.4) is 0 Å². The summed E-state index contributed by atoms with van der Waals surface area (Å²) in [5.74, 6) is 0.242. The standard InChI is InChI=1S/C8H15N3O2S/c1-4-11-5-7(9)10-8(11)14(12,13)6(2)3/h5-6H,4,9H2,1-3H3. The van der Waals surface area contributed by atoms with Gasteiger partial charge in [-0.25, -0.2) is 13.4 Å². The van der Waals surface area contributed by atoms with Crippen LogP contribution in [-0.4, -0.2) is 23.2 Å². The zero-order valence-corrected chi connectivity index (χ0v) is 9.37. The highest BCUT2D eigenvalue weighted by atomic mass is 32.2.